The third-order valence-corrected chi connectivity index (χ3v) is 2.00. The van der Waals surface area contributed by atoms with Crippen LogP contribution in [0.25, 0.3) is 0 Å². The van der Waals surface area contributed by atoms with Crippen molar-refractivity contribution in [3.63, 3.8) is 0 Å². The molecule has 0 heterocycles. The number of para-hydroxylation sites is 1. The van der Waals surface area contributed by atoms with E-state index >= 15 is 0 Å². The molecule has 0 aromatic heterocycles. The Bertz CT molecular complexity index is 326. The van der Waals surface area contributed by atoms with Gasteiger partial charge in [0.15, 0.2) is 0 Å². The molecule has 0 bridgehead atoms. The molecule has 0 aliphatic heterocycles. The predicted molar refractivity (Wildman–Crippen MR) is 53.4 cm³/mol. The van der Waals surface area contributed by atoms with E-state index in [0.717, 1.165) is 11.0 Å². The summed E-state index contributed by atoms with van der Waals surface area (Å²) < 4.78 is 49.8. The van der Waals surface area contributed by atoms with Gasteiger partial charge in [0, 0.05) is 6.54 Å². The summed E-state index contributed by atoms with van der Waals surface area (Å²) in [5.41, 5.74) is -0.000741. The number of benzene rings is 1. The lowest BCUT2D eigenvalue weighted by Crippen LogP contribution is -2.38. The molecule has 84 valence electrons. The minimum atomic E-state index is -4.94. The van der Waals surface area contributed by atoms with E-state index in [9.17, 15) is 17.3 Å². The molecule has 0 unspecified atom stereocenters. The molecule has 0 atom stereocenters. The van der Waals surface area contributed by atoms with Crippen LogP contribution in [-0.4, -0.2) is 20.0 Å². The Morgan fingerprint density at radius 2 is 1.80 bits per heavy atom. The van der Waals surface area contributed by atoms with E-state index in [2.05, 4.69) is 0 Å². The van der Waals surface area contributed by atoms with Gasteiger partial charge in [0.05, 0.1) is 5.69 Å². The highest BCUT2D eigenvalue weighted by molar-refractivity contribution is 6.59. The molecule has 15 heavy (non-hydrogen) atoms. The van der Waals surface area contributed by atoms with Gasteiger partial charge in [-0.15, -0.1) is 0 Å². The topological polar surface area (TPSA) is 3.24 Å². The van der Waals surface area contributed by atoms with E-state index in [1.54, 1.807) is 6.92 Å². The van der Waals surface area contributed by atoms with E-state index in [0.29, 0.717) is 0 Å². The fourth-order valence-electron chi connectivity index (χ4n) is 1.36. The molecule has 0 saturated carbocycles. The first-order chi connectivity index (χ1) is 6.94. The number of rotatable bonds is 4. The molecule has 0 spiro atoms. The Morgan fingerprint density at radius 3 is 2.27 bits per heavy atom. The van der Waals surface area contributed by atoms with Gasteiger partial charge in [-0.2, -0.15) is 0 Å². The molecule has 6 heteroatoms. The molecule has 1 aromatic carbocycles. The van der Waals surface area contributed by atoms with Crippen LogP contribution >= 0.6 is 0 Å². The van der Waals surface area contributed by atoms with Crippen molar-refractivity contribution in [3.05, 3.63) is 30.1 Å². The summed E-state index contributed by atoms with van der Waals surface area (Å²) in [7, 11) is 0. The number of nitrogens with zero attached hydrogens (tertiary/aromatic N) is 1. The van der Waals surface area contributed by atoms with E-state index in [1.165, 1.54) is 18.2 Å². The van der Waals surface area contributed by atoms with Crippen molar-refractivity contribution in [2.45, 2.75) is 6.92 Å². The molecule has 1 aromatic rings. The smallest absolute Gasteiger partial charge is 0.448 e. The van der Waals surface area contributed by atoms with Crippen molar-refractivity contribution in [3.8, 4) is 0 Å². The van der Waals surface area contributed by atoms with Gasteiger partial charge in [0.1, 0.15) is 5.82 Å². The number of hydrogen-bond acceptors (Lipinski definition) is 1. The number of halogens is 4. The van der Waals surface area contributed by atoms with Gasteiger partial charge < -0.3 is 17.8 Å². The fourth-order valence-corrected chi connectivity index (χ4v) is 1.36. The Morgan fingerprint density at radius 1 is 1.20 bits per heavy atom. The molecule has 0 N–H and O–H groups in total. The second-order valence-electron chi connectivity index (χ2n) is 3.20. The Hall–Kier alpha value is -1.20. The van der Waals surface area contributed by atoms with Crippen molar-refractivity contribution in [1.29, 1.82) is 0 Å². The van der Waals surface area contributed by atoms with Crippen LogP contribution in [0, 0.1) is 5.82 Å². The molecular weight excluding hydrogens is 209 g/mol. The minimum Gasteiger partial charge on any atom is -0.448 e. The van der Waals surface area contributed by atoms with Crippen LogP contribution in [0.4, 0.5) is 23.0 Å². The standard InChI is InChI=1S/C9H11BF4N/c1-2-15(7-10(12,13)14)9-6-4-3-5-8(9)11/h3-6H,2,7H2,1H3/q-1. The van der Waals surface area contributed by atoms with Crippen LogP contribution in [0.2, 0.25) is 0 Å². The van der Waals surface area contributed by atoms with Crippen LogP contribution in [0.1, 0.15) is 6.92 Å². The lowest BCUT2D eigenvalue weighted by molar-refractivity contribution is 0.466. The van der Waals surface area contributed by atoms with Crippen LogP contribution in [0.5, 0.6) is 0 Å². The average Bonchev–Trinajstić information content (AvgIpc) is 2.14. The summed E-state index contributed by atoms with van der Waals surface area (Å²) in [5.74, 6) is -0.626. The maximum atomic E-state index is 13.2. The third kappa shape index (κ3) is 3.45. The van der Waals surface area contributed by atoms with Crippen molar-refractivity contribution in [2.24, 2.45) is 0 Å². The summed E-state index contributed by atoms with van der Waals surface area (Å²) in [6, 6.07) is 5.47. The number of anilines is 1. The third-order valence-electron chi connectivity index (χ3n) is 2.00. The van der Waals surface area contributed by atoms with Gasteiger partial charge in [0.2, 0.25) is 0 Å². The van der Waals surface area contributed by atoms with Crippen LogP contribution in [0.15, 0.2) is 24.3 Å². The van der Waals surface area contributed by atoms with Crippen molar-refractivity contribution in [1.82, 2.24) is 0 Å². The fraction of sp³-hybridized carbons (Fsp3) is 0.333. The number of hydrogen-bond donors (Lipinski definition) is 0. The minimum absolute atomic E-state index is 0.000741. The second kappa shape index (κ2) is 4.55. The first-order valence-electron chi connectivity index (χ1n) is 4.64. The van der Waals surface area contributed by atoms with E-state index in [4.69, 9.17) is 0 Å². The molecule has 0 saturated heterocycles. The summed E-state index contributed by atoms with van der Waals surface area (Å²) in [6.45, 7) is -3.25. The summed E-state index contributed by atoms with van der Waals surface area (Å²) >= 11 is 0. The van der Waals surface area contributed by atoms with Gasteiger partial charge >= 0.3 is 6.98 Å². The Kier molecular flexibility index (Phi) is 3.60. The molecule has 1 rings (SSSR count). The van der Waals surface area contributed by atoms with Crippen LogP contribution in [0.3, 0.4) is 0 Å². The van der Waals surface area contributed by atoms with E-state index in [1.807, 2.05) is 0 Å². The van der Waals surface area contributed by atoms with Gasteiger partial charge in [-0.1, -0.05) is 12.1 Å². The lowest BCUT2D eigenvalue weighted by Gasteiger charge is -2.28. The monoisotopic (exact) mass is 220 g/mol. The van der Waals surface area contributed by atoms with Gasteiger partial charge in [-0.05, 0) is 25.5 Å². The van der Waals surface area contributed by atoms with Crippen molar-refractivity contribution < 1.29 is 17.3 Å². The zero-order valence-corrected chi connectivity index (χ0v) is 8.26. The van der Waals surface area contributed by atoms with Gasteiger partial charge in [-0.25, -0.2) is 4.39 Å². The lowest BCUT2D eigenvalue weighted by atomic mass is 9.91. The average molecular weight is 220 g/mol. The van der Waals surface area contributed by atoms with Gasteiger partial charge in [-0.3, -0.25) is 0 Å². The van der Waals surface area contributed by atoms with E-state index in [-0.39, 0.29) is 12.2 Å². The van der Waals surface area contributed by atoms with Crippen LogP contribution < -0.4 is 4.90 Å². The highest BCUT2D eigenvalue weighted by Crippen LogP contribution is 2.21. The van der Waals surface area contributed by atoms with Crippen molar-refractivity contribution >= 4 is 12.7 Å². The van der Waals surface area contributed by atoms with Crippen LogP contribution in [-0.2, 0) is 0 Å². The molecule has 0 aliphatic rings. The first kappa shape index (κ1) is 11.9. The predicted octanol–water partition coefficient (Wildman–Crippen LogP) is 3.04. The Balaban J connectivity index is 2.88. The molecular formula is C9H11BF4N-. The van der Waals surface area contributed by atoms with E-state index < -0.39 is 19.2 Å². The molecule has 0 aliphatic carbocycles. The second-order valence-corrected chi connectivity index (χ2v) is 3.20. The SMILES string of the molecule is CCN(C[B-](F)(F)F)c1ccccc1F. The maximum Gasteiger partial charge on any atom is 0.497 e. The maximum absolute atomic E-state index is 13.2. The Labute approximate surface area is 85.8 Å². The summed E-state index contributed by atoms with van der Waals surface area (Å²) in [5, 5.41) is 0. The molecule has 0 radical (unpaired) electrons. The first-order valence-corrected chi connectivity index (χ1v) is 4.64. The quantitative estimate of drug-likeness (QED) is 0.556. The van der Waals surface area contributed by atoms with Crippen molar-refractivity contribution in [2.75, 3.05) is 17.9 Å². The highest BCUT2D eigenvalue weighted by atomic mass is 19.4. The molecule has 1 nitrogen and oxygen atoms in total. The zero-order valence-electron chi connectivity index (χ0n) is 8.26. The normalized spacial score (nSPS) is 11.5. The highest BCUT2D eigenvalue weighted by Gasteiger charge is 2.26. The van der Waals surface area contributed by atoms with Gasteiger partial charge in [0.25, 0.3) is 0 Å². The molecule has 0 amide bonds. The zero-order chi connectivity index (χ0) is 11.5. The summed E-state index contributed by atoms with van der Waals surface area (Å²) in [6.07, 6.45) is -1.07. The largest absolute Gasteiger partial charge is 0.497 e. The molecule has 0 fully saturated rings. The summed E-state index contributed by atoms with van der Waals surface area (Å²) in [4.78, 5) is 0.981.